The number of carboxylic acid groups (broad SMARTS) is 1. The molecule has 0 aliphatic carbocycles. The molecule has 0 spiro atoms. The number of nitrogens with one attached hydrogen (secondary N) is 1. The Labute approximate surface area is 202 Å². The first-order valence-corrected chi connectivity index (χ1v) is 11.8. The zero-order chi connectivity index (χ0) is 25.2. The Kier molecular flexibility index (Phi) is 7.48. The van der Waals surface area contributed by atoms with E-state index in [1.54, 1.807) is 5.01 Å². The number of fused-ring (bicyclic) bond motifs is 3. The lowest BCUT2D eigenvalue weighted by Crippen LogP contribution is -2.53. The number of nitrogens with zero attached hydrogens (tertiary/aromatic N) is 2. The fourth-order valence-electron chi connectivity index (χ4n) is 4.66. The molecule has 3 atom stereocenters. The summed E-state index contributed by atoms with van der Waals surface area (Å²) in [6, 6.07) is 5.41. The van der Waals surface area contributed by atoms with Crippen LogP contribution in [0.3, 0.4) is 0 Å². The van der Waals surface area contributed by atoms with Gasteiger partial charge in [0.2, 0.25) is 5.91 Å². The van der Waals surface area contributed by atoms with Gasteiger partial charge in [-0.3, -0.25) is 20.1 Å². The molecule has 186 valence electrons. The third-order valence-corrected chi connectivity index (χ3v) is 5.94. The lowest BCUT2D eigenvalue weighted by Gasteiger charge is -2.40. The van der Waals surface area contributed by atoms with Gasteiger partial charge in [-0.25, -0.2) is 4.79 Å². The van der Waals surface area contributed by atoms with Crippen LogP contribution in [0, 0.1) is 11.8 Å². The molecule has 0 aromatic heterocycles. The molecule has 0 fully saturated rings. The van der Waals surface area contributed by atoms with Gasteiger partial charge in [0.05, 0.1) is 6.04 Å². The minimum absolute atomic E-state index is 0.0793. The first-order chi connectivity index (χ1) is 15.9. The Hall–Kier alpha value is -3.16. The minimum atomic E-state index is -0.948. The van der Waals surface area contributed by atoms with Crippen molar-refractivity contribution in [2.45, 2.75) is 72.6 Å². The smallest absolute Gasteiger partial charge is 0.408 e. The predicted molar refractivity (Wildman–Crippen MR) is 131 cm³/mol. The number of benzene rings is 1. The number of hydrogen-bond acceptors (Lipinski definition) is 5. The molecule has 0 bridgehead atoms. The maximum Gasteiger partial charge on any atom is 0.408 e. The van der Waals surface area contributed by atoms with Crippen LogP contribution in [0.4, 0.5) is 4.79 Å². The predicted octanol–water partition coefficient (Wildman–Crippen LogP) is 4.88. The summed E-state index contributed by atoms with van der Waals surface area (Å²) in [4.78, 5) is 25.0. The van der Waals surface area contributed by atoms with Gasteiger partial charge >= 0.3 is 6.09 Å². The monoisotopic (exact) mass is 471 g/mol. The summed E-state index contributed by atoms with van der Waals surface area (Å²) >= 11 is 0. The molecule has 0 saturated heterocycles. The van der Waals surface area contributed by atoms with Crippen molar-refractivity contribution in [1.82, 2.24) is 15.3 Å². The third kappa shape index (κ3) is 5.85. The van der Waals surface area contributed by atoms with Gasteiger partial charge in [0, 0.05) is 42.4 Å². The number of ether oxygens (including phenoxy) is 2. The van der Waals surface area contributed by atoms with Crippen molar-refractivity contribution in [3.63, 3.8) is 0 Å². The van der Waals surface area contributed by atoms with E-state index in [1.165, 1.54) is 11.8 Å². The molecule has 2 heterocycles. The van der Waals surface area contributed by atoms with Gasteiger partial charge in [-0.2, -0.15) is 0 Å². The normalized spacial score (nSPS) is 20.0. The van der Waals surface area contributed by atoms with Crippen LogP contribution < -0.4 is 14.9 Å². The highest BCUT2D eigenvalue weighted by atomic mass is 16.5. The van der Waals surface area contributed by atoms with Crippen molar-refractivity contribution in [1.29, 1.82) is 0 Å². The maximum absolute atomic E-state index is 12.0. The summed E-state index contributed by atoms with van der Waals surface area (Å²) in [6.45, 7) is 13.6. The lowest BCUT2D eigenvalue weighted by molar-refractivity contribution is -0.121. The van der Waals surface area contributed by atoms with Crippen molar-refractivity contribution in [3.8, 4) is 11.5 Å². The molecule has 2 amide bonds. The number of amides is 2. The van der Waals surface area contributed by atoms with Gasteiger partial charge in [0.15, 0.2) is 0 Å². The second-order valence-electron chi connectivity index (χ2n) is 10.4. The summed E-state index contributed by atoms with van der Waals surface area (Å²) in [5, 5.41) is 11.5. The van der Waals surface area contributed by atoms with Crippen LogP contribution in [0.2, 0.25) is 0 Å². The average Bonchev–Trinajstić information content (AvgIpc) is 2.69. The molecule has 2 aliphatic rings. The quantitative estimate of drug-likeness (QED) is 0.589. The van der Waals surface area contributed by atoms with E-state index in [1.807, 2.05) is 64.4 Å². The van der Waals surface area contributed by atoms with E-state index in [0.29, 0.717) is 23.8 Å². The minimum Gasteiger partial charge on any atom is -0.491 e. The molecule has 2 aliphatic heterocycles. The molecule has 34 heavy (non-hydrogen) atoms. The van der Waals surface area contributed by atoms with Crippen LogP contribution in [0.25, 0.3) is 5.57 Å². The number of carbonyl (C=O) groups excluding carboxylic acids is 1. The molecule has 3 rings (SSSR count). The molecular weight excluding hydrogens is 434 g/mol. The van der Waals surface area contributed by atoms with E-state index in [9.17, 15) is 14.7 Å². The molecule has 0 saturated carbocycles. The van der Waals surface area contributed by atoms with Crippen molar-refractivity contribution < 1.29 is 24.2 Å². The summed E-state index contributed by atoms with van der Waals surface area (Å²) < 4.78 is 12.3. The van der Waals surface area contributed by atoms with Crippen molar-refractivity contribution in [2.24, 2.45) is 11.8 Å². The molecule has 2 N–H and O–H groups in total. The van der Waals surface area contributed by atoms with Gasteiger partial charge in [-0.15, -0.1) is 0 Å². The highest BCUT2D eigenvalue weighted by Crippen LogP contribution is 2.43. The Bertz CT molecular complexity index is 979. The van der Waals surface area contributed by atoms with Gasteiger partial charge in [-0.05, 0) is 57.7 Å². The van der Waals surface area contributed by atoms with Crippen molar-refractivity contribution in [2.75, 3.05) is 6.61 Å². The molecule has 1 aromatic carbocycles. The molecule has 1 aromatic rings. The second-order valence-corrected chi connectivity index (χ2v) is 10.4. The van der Waals surface area contributed by atoms with Crippen LogP contribution >= 0.6 is 0 Å². The van der Waals surface area contributed by atoms with Gasteiger partial charge in [0.25, 0.3) is 0 Å². The van der Waals surface area contributed by atoms with E-state index in [2.05, 4.69) is 19.3 Å². The SMILES string of the molecule is CC(=O)NN1C=CC2C(=C1)c1ccc(OC[C@H](CC(C)C)N(C(=O)O)C(C)(C)C)cc1OC2C. The number of hydrogen-bond donors (Lipinski definition) is 2. The molecular formula is C26H37N3O5. The zero-order valence-corrected chi connectivity index (χ0v) is 21.2. The van der Waals surface area contributed by atoms with Crippen LogP contribution in [0.15, 0.2) is 36.7 Å². The molecule has 8 nitrogen and oxygen atoms in total. The Balaban J connectivity index is 1.82. The number of hydrazine groups is 1. The molecule has 8 heteroatoms. The Morgan fingerprint density at radius 3 is 2.59 bits per heavy atom. The topological polar surface area (TPSA) is 91.3 Å². The van der Waals surface area contributed by atoms with E-state index < -0.39 is 11.6 Å². The Morgan fingerprint density at radius 1 is 1.29 bits per heavy atom. The van der Waals surface area contributed by atoms with Gasteiger partial charge in [-0.1, -0.05) is 19.9 Å². The van der Waals surface area contributed by atoms with Crippen LogP contribution in [-0.4, -0.2) is 51.3 Å². The van der Waals surface area contributed by atoms with E-state index >= 15 is 0 Å². The number of rotatable bonds is 7. The summed E-state index contributed by atoms with van der Waals surface area (Å²) in [5.74, 6) is 1.58. The second kappa shape index (κ2) is 9.99. The highest BCUT2D eigenvalue weighted by Gasteiger charge is 2.35. The first kappa shape index (κ1) is 25.5. The summed E-state index contributed by atoms with van der Waals surface area (Å²) in [5.41, 5.74) is 4.22. The van der Waals surface area contributed by atoms with Gasteiger partial charge in [0.1, 0.15) is 24.2 Å². The summed E-state index contributed by atoms with van der Waals surface area (Å²) in [7, 11) is 0. The maximum atomic E-state index is 12.0. The molecule has 2 unspecified atom stereocenters. The Morgan fingerprint density at radius 2 is 2.00 bits per heavy atom. The zero-order valence-electron chi connectivity index (χ0n) is 21.2. The fourth-order valence-corrected chi connectivity index (χ4v) is 4.66. The van der Waals surface area contributed by atoms with Crippen molar-refractivity contribution >= 4 is 17.6 Å². The standard InChI is InChI=1S/C26H37N3O5/c1-16(2)12-19(29(25(31)32)26(5,6)7)15-33-20-8-9-22-23-14-28(27-18(4)30)11-10-21(23)17(3)34-24(22)13-20/h8-11,13-14,16-17,19,21H,12,15H2,1-7H3,(H,27,30)(H,31,32)/t17?,19-,21?/m0/s1. The van der Waals surface area contributed by atoms with Gasteiger partial charge < -0.3 is 14.6 Å². The fraction of sp³-hybridized carbons (Fsp3) is 0.538. The number of carbonyl (C=O) groups is 2. The van der Waals surface area contributed by atoms with E-state index in [4.69, 9.17) is 9.47 Å². The van der Waals surface area contributed by atoms with E-state index in [-0.39, 0.29) is 30.6 Å². The van der Waals surface area contributed by atoms with Crippen LogP contribution in [0.1, 0.15) is 60.5 Å². The average molecular weight is 472 g/mol. The summed E-state index contributed by atoms with van der Waals surface area (Å²) in [6.07, 6.45) is 5.43. The van der Waals surface area contributed by atoms with Crippen LogP contribution in [0.5, 0.6) is 11.5 Å². The first-order valence-electron chi connectivity index (χ1n) is 11.8. The third-order valence-electron chi connectivity index (χ3n) is 5.94. The molecule has 0 radical (unpaired) electrons. The van der Waals surface area contributed by atoms with E-state index in [0.717, 1.165) is 11.1 Å². The highest BCUT2D eigenvalue weighted by molar-refractivity contribution is 5.78. The van der Waals surface area contributed by atoms with Crippen LogP contribution in [-0.2, 0) is 4.79 Å². The lowest BCUT2D eigenvalue weighted by atomic mass is 9.85. The largest absolute Gasteiger partial charge is 0.491 e. The van der Waals surface area contributed by atoms with Crippen molar-refractivity contribution in [3.05, 3.63) is 42.2 Å².